The Labute approximate surface area is 148 Å². The number of nitrogens with one attached hydrogen (secondary N) is 2. The van der Waals surface area contributed by atoms with Gasteiger partial charge in [-0.15, -0.1) is 0 Å². The number of hydrogen-bond acceptors (Lipinski definition) is 3. The molecule has 24 heavy (non-hydrogen) atoms. The van der Waals surface area contributed by atoms with Crippen molar-refractivity contribution in [3.63, 3.8) is 0 Å². The molecule has 1 aliphatic rings. The van der Waals surface area contributed by atoms with E-state index in [1.807, 2.05) is 20.8 Å². The van der Waals surface area contributed by atoms with E-state index in [0.717, 1.165) is 5.69 Å². The van der Waals surface area contributed by atoms with E-state index in [0.29, 0.717) is 37.7 Å². The summed E-state index contributed by atoms with van der Waals surface area (Å²) in [5.74, 6) is 0.0153. The third kappa shape index (κ3) is 6.02. The molecule has 0 bridgehead atoms. The third-order valence-corrected chi connectivity index (χ3v) is 3.89. The zero-order valence-corrected chi connectivity index (χ0v) is 15.2. The maximum atomic E-state index is 12.3. The SMILES string of the molecule is CC(C)(C)NC(=O)CN1CCN(C(=O)Nc2ccc(Cl)cc2)CC1. The van der Waals surface area contributed by atoms with Crippen LogP contribution in [0, 0.1) is 0 Å². The Morgan fingerprint density at radius 1 is 1.08 bits per heavy atom. The molecule has 0 unspecified atom stereocenters. The highest BCUT2D eigenvalue weighted by molar-refractivity contribution is 6.30. The van der Waals surface area contributed by atoms with Crippen LogP contribution in [0.3, 0.4) is 0 Å². The Balaban J connectivity index is 1.76. The molecule has 0 spiro atoms. The topological polar surface area (TPSA) is 64.7 Å². The molecule has 2 N–H and O–H groups in total. The number of anilines is 1. The normalized spacial score (nSPS) is 15.9. The monoisotopic (exact) mass is 352 g/mol. The van der Waals surface area contributed by atoms with Crippen LogP contribution in [0.1, 0.15) is 20.8 Å². The van der Waals surface area contributed by atoms with Gasteiger partial charge in [-0.05, 0) is 45.0 Å². The number of nitrogens with zero attached hydrogens (tertiary/aromatic N) is 2. The molecule has 132 valence electrons. The van der Waals surface area contributed by atoms with E-state index in [4.69, 9.17) is 11.6 Å². The molecule has 1 aliphatic heterocycles. The van der Waals surface area contributed by atoms with Crippen molar-refractivity contribution in [2.24, 2.45) is 0 Å². The van der Waals surface area contributed by atoms with Crippen molar-refractivity contribution in [2.75, 3.05) is 38.0 Å². The van der Waals surface area contributed by atoms with Gasteiger partial charge in [-0.2, -0.15) is 0 Å². The van der Waals surface area contributed by atoms with E-state index < -0.39 is 0 Å². The van der Waals surface area contributed by atoms with Crippen molar-refractivity contribution < 1.29 is 9.59 Å². The molecule has 3 amide bonds. The second kappa shape index (κ2) is 7.85. The van der Waals surface area contributed by atoms with E-state index >= 15 is 0 Å². The van der Waals surface area contributed by atoms with Crippen molar-refractivity contribution >= 4 is 29.2 Å². The van der Waals surface area contributed by atoms with Gasteiger partial charge in [-0.3, -0.25) is 9.69 Å². The number of rotatable bonds is 3. The first-order valence-corrected chi connectivity index (χ1v) is 8.45. The maximum absolute atomic E-state index is 12.3. The molecular formula is C17H25ClN4O2. The van der Waals surface area contributed by atoms with Crippen LogP contribution in [0.2, 0.25) is 5.02 Å². The quantitative estimate of drug-likeness (QED) is 0.878. The first-order chi connectivity index (χ1) is 11.2. The zero-order chi connectivity index (χ0) is 17.7. The van der Waals surface area contributed by atoms with Crippen molar-refractivity contribution in [3.8, 4) is 0 Å². The van der Waals surface area contributed by atoms with Gasteiger partial charge in [0.05, 0.1) is 6.54 Å². The fourth-order valence-electron chi connectivity index (χ4n) is 2.51. The average molecular weight is 353 g/mol. The maximum Gasteiger partial charge on any atom is 0.321 e. The van der Waals surface area contributed by atoms with Gasteiger partial charge in [0.25, 0.3) is 0 Å². The molecular weight excluding hydrogens is 328 g/mol. The van der Waals surface area contributed by atoms with Gasteiger partial charge in [0.15, 0.2) is 0 Å². The Hall–Kier alpha value is -1.79. The zero-order valence-electron chi connectivity index (χ0n) is 14.4. The predicted molar refractivity (Wildman–Crippen MR) is 96.4 cm³/mol. The van der Waals surface area contributed by atoms with Gasteiger partial charge in [0.1, 0.15) is 0 Å². The number of hydrogen-bond donors (Lipinski definition) is 2. The van der Waals surface area contributed by atoms with Crippen molar-refractivity contribution in [1.82, 2.24) is 15.1 Å². The summed E-state index contributed by atoms with van der Waals surface area (Å²) in [7, 11) is 0. The van der Waals surface area contributed by atoms with Crippen LogP contribution in [0.25, 0.3) is 0 Å². The van der Waals surface area contributed by atoms with E-state index in [-0.39, 0.29) is 17.5 Å². The van der Waals surface area contributed by atoms with Crippen LogP contribution in [-0.4, -0.2) is 60.0 Å². The molecule has 1 fully saturated rings. The molecule has 0 aromatic heterocycles. The molecule has 1 heterocycles. The number of halogens is 1. The first-order valence-electron chi connectivity index (χ1n) is 8.08. The second-order valence-electron chi connectivity index (χ2n) is 7.00. The lowest BCUT2D eigenvalue weighted by molar-refractivity contribution is -0.123. The summed E-state index contributed by atoms with van der Waals surface area (Å²) in [5, 5.41) is 6.44. The van der Waals surface area contributed by atoms with Crippen LogP contribution in [0.5, 0.6) is 0 Å². The lowest BCUT2D eigenvalue weighted by Gasteiger charge is -2.34. The largest absolute Gasteiger partial charge is 0.350 e. The highest BCUT2D eigenvalue weighted by atomic mass is 35.5. The number of urea groups is 1. The molecule has 0 atom stereocenters. The van der Waals surface area contributed by atoms with E-state index in [1.165, 1.54) is 0 Å². The smallest absolute Gasteiger partial charge is 0.321 e. The third-order valence-electron chi connectivity index (χ3n) is 3.64. The first kappa shape index (κ1) is 18.5. The molecule has 2 rings (SSSR count). The van der Waals surface area contributed by atoms with Crippen LogP contribution in [0.15, 0.2) is 24.3 Å². The van der Waals surface area contributed by atoms with Gasteiger partial charge in [0, 0.05) is 42.4 Å². The van der Waals surface area contributed by atoms with E-state index in [2.05, 4.69) is 15.5 Å². The summed E-state index contributed by atoms with van der Waals surface area (Å²) < 4.78 is 0. The summed E-state index contributed by atoms with van der Waals surface area (Å²) in [6, 6.07) is 6.89. The number of benzene rings is 1. The number of amides is 3. The molecule has 7 heteroatoms. The van der Waals surface area contributed by atoms with Gasteiger partial charge in [-0.25, -0.2) is 4.79 Å². The minimum absolute atomic E-state index is 0.0153. The number of carbonyl (C=O) groups excluding carboxylic acids is 2. The molecule has 1 aromatic rings. The van der Waals surface area contributed by atoms with Crippen molar-refractivity contribution in [2.45, 2.75) is 26.3 Å². The number of piperazine rings is 1. The minimum Gasteiger partial charge on any atom is -0.350 e. The molecule has 0 saturated carbocycles. The average Bonchev–Trinajstić information content (AvgIpc) is 2.48. The van der Waals surface area contributed by atoms with E-state index in [9.17, 15) is 9.59 Å². The lowest BCUT2D eigenvalue weighted by atomic mass is 10.1. The highest BCUT2D eigenvalue weighted by Crippen LogP contribution is 2.14. The molecule has 6 nitrogen and oxygen atoms in total. The molecule has 0 radical (unpaired) electrons. The minimum atomic E-state index is -0.225. The Morgan fingerprint density at radius 3 is 2.21 bits per heavy atom. The predicted octanol–water partition coefficient (Wildman–Crippen LogP) is 2.40. The standard InChI is InChI=1S/C17H25ClN4O2/c1-17(2,3)20-15(23)12-21-8-10-22(11-9-21)16(24)19-14-6-4-13(18)5-7-14/h4-7H,8-12H2,1-3H3,(H,19,24)(H,20,23). The molecule has 1 saturated heterocycles. The second-order valence-corrected chi connectivity index (χ2v) is 7.43. The van der Waals surface area contributed by atoms with Crippen LogP contribution < -0.4 is 10.6 Å². The van der Waals surface area contributed by atoms with Crippen LogP contribution in [0.4, 0.5) is 10.5 Å². The summed E-state index contributed by atoms with van der Waals surface area (Å²) in [6.45, 7) is 8.82. The Morgan fingerprint density at radius 2 is 1.67 bits per heavy atom. The number of carbonyl (C=O) groups is 2. The summed E-state index contributed by atoms with van der Waals surface area (Å²) in [6.07, 6.45) is 0. The molecule has 0 aliphatic carbocycles. The van der Waals surface area contributed by atoms with Gasteiger partial charge in [-0.1, -0.05) is 11.6 Å². The van der Waals surface area contributed by atoms with E-state index in [1.54, 1.807) is 29.2 Å². The Kier molecular flexibility index (Phi) is 6.07. The summed E-state index contributed by atoms with van der Waals surface area (Å²) in [4.78, 5) is 28.0. The summed E-state index contributed by atoms with van der Waals surface area (Å²) >= 11 is 5.83. The lowest BCUT2D eigenvalue weighted by Crippen LogP contribution is -2.53. The summed E-state index contributed by atoms with van der Waals surface area (Å²) in [5.41, 5.74) is 0.494. The van der Waals surface area contributed by atoms with Gasteiger partial charge >= 0.3 is 6.03 Å². The van der Waals surface area contributed by atoms with Crippen LogP contribution >= 0.6 is 11.6 Å². The van der Waals surface area contributed by atoms with Gasteiger partial charge in [0.2, 0.25) is 5.91 Å². The van der Waals surface area contributed by atoms with Gasteiger partial charge < -0.3 is 15.5 Å². The van der Waals surface area contributed by atoms with Crippen molar-refractivity contribution in [1.29, 1.82) is 0 Å². The highest BCUT2D eigenvalue weighted by Gasteiger charge is 2.23. The molecule has 1 aromatic carbocycles. The fourth-order valence-corrected chi connectivity index (χ4v) is 2.63. The van der Waals surface area contributed by atoms with Crippen LogP contribution in [-0.2, 0) is 4.79 Å². The fraction of sp³-hybridized carbons (Fsp3) is 0.529. The Bertz CT molecular complexity index is 575. The van der Waals surface area contributed by atoms with Crippen molar-refractivity contribution in [3.05, 3.63) is 29.3 Å².